The summed E-state index contributed by atoms with van der Waals surface area (Å²) >= 11 is 0. The molecule has 1 aliphatic heterocycles. The van der Waals surface area contributed by atoms with Crippen molar-refractivity contribution in [3.05, 3.63) is 24.3 Å². The summed E-state index contributed by atoms with van der Waals surface area (Å²) in [7, 11) is 1.80. The van der Waals surface area contributed by atoms with Crippen molar-refractivity contribution in [2.45, 2.75) is 63.0 Å². The van der Waals surface area contributed by atoms with Crippen molar-refractivity contribution in [2.24, 2.45) is 17.8 Å². The Hall–Kier alpha value is -1.75. The fraction of sp³-hybridized carbons (Fsp3) is 0.696. The summed E-state index contributed by atoms with van der Waals surface area (Å²) in [5.74, 6) is 2.52. The van der Waals surface area contributed by atoms with Crippen LogP contribution >= 0.6 is 0 Å². The zero-order valence-corrected chi connectivity index (χ0v) is 17.0. The number of urea groups is 1. The van der Waals surface area contributed by atoms with Crippen molar-refractivity contribution in [1.29, 1.82) is 0 Å². The zero-order chi connectivity index (χ0) is 19.1. The van der Waals surface area contributed by atoms with E-state index in [1.807, 2.05) is 12.1 Å². The fourth-order valence-electron chi connectivity index (χ4n) is 6.77. The molecule has 0 atom stereocenters. The number of nitrogens with zero attached hydrogens (tertiary/aromatic N) is 1. The van der Waals surface area contributed by atoms with Gasteiger partial charge in [-0.25, -0.2) is 4.79 Å². The minimum absolute atomic E-state index is 0.0318. The molecule has 1 aromatic rings. The highest BCUT2D eigenvalue weighted by molar-refractivity contribution is 5.90. The topological polar surface area (TPSA) is 53.6 Å². The smallest absolute Gasteiger partial charge is 0.319 e. The van der Waals surface area contributed by atoms with Gasteiger partial charge in [-0.15, -0.1) is 0 Å². The van der Waals surface area contributed by atoms with E-state index >= 15 is 0 Å². The molecule has 4 aliphatic carbocycles. The SMILES string of the molecule is COC1CCN(c2ccc(NC(=O)NC34CC5CC(CC(C5)C3)C4)cc2)CC1. The first kappa shape index (κ1) is 18.3. The van der Waals surface area contributed by atoms with Gasteiger partial charge in [-0.3, -0.25) is 0 Å². The Morgan fingerprint density at radius 3 is 2.11 bits per heavy atom. The molecule has 2 amide bonds. The number of amides is 2. The molecule has 0 radical (unpaired) electrons. The highest BCUT2D eigenvalue weighted by atomic mass is 16.5. The third-order valence-electron chi connectivity index (χ3n) is 7.68. The van der Waals surface area contributed by atoms with E-state index in [4.69, 9.17) is 4.74 Å². The van der Waals surface area contributed by atoms with Gasteiger partial charge in [0.15, 0.2) is 0 Å². The normalized spacial score (nSPS) is 34.5. The van der Waals surface area contributed by atoms with Crippen molar-refractivity contribution < 1.29 is 9.53 Å². The molecule has 5 aliphatic rings. The van der Waals surface area contributed by atoms with Crippen molar-refractivity contribution in [3.8, 4) is 0 Å². The highest BCUT2D eigenvalue weighted by Crippen LogP contribution is 2.55. The summed E-state index contributed by atoms with van der Waals surface area (Å²) in [4.78, 5) is 15.1. The van der Waals surface area contributed by atoms with E-state index in [2.05, 4.69) is 27.7 Å². The number of benzene rings is 1. The second-order valence-corrected chi connectivity index (χ2v) is 9.75. The Balaban J connectivity index is 1.17. The van der Waals surface area contributed by atoms with E-state index in [0.717, 1.165) is 49.4 Å². The Labute approximate surface area is 168 Å². The lowest BCUT2D eigenvalue weighted by atomic mass is 9.53. The van der Waals surface area contributed by atoms with Crippen LogP contribution in [-0.2, 0) is 4.74 Å². The lowest BCUT2D eigenvalue weighted by molar-refractivity contribution is -0.0127. The van der Waals surface area contributed by atoms with Crippen molar-refractivity contribution in [2.75, 3.05) is 30.4 Å². The largest absolute Gasteiger partial charge is 0.381 e. The van der Waals surface area contributed by atoms with Gasteiger partial charge in [-0.05, 0) is 93.4 Å². The first-order valence-electron chi connectivity index (χ1n) is 11.1. The third kappa shape index (κ3) is 3.61. The van der Waals surface area contributed by atoms with Crippen LogP contribution in [0.3, 0.4) is 0 Å². The van der Waals surface area contributed by atoms with Crippen LogP contribution in [0.2, 0.25) is 0 Å². The van der Waals surface area contributed by atoms with E-state index in [1.165, 1.54) is 44.2 Å². The number of methoxy groups -OCH3 is 1. The van der Waals surface area contributed by atoms with Crippen molar-refractivity contribution in [1.82, 2.24) is 5.32 Å². The molecule has 1 heterocycles. The zero-order valence-electron chi connectivity index (χ0n) is 17.0. The second kappa shape index (κ2) is 7.25. The van der Waals surface area contributed by atoms with E-state index in [9.17, 15) is 4.79 Å². The lowest BCUT2D eigenvalue weighted by Gasteiger charge is -2.56. The quantitative estimate of drug-likeness (QED) is 0.811. The number of hydrogen-bond donors (Lipinski definition) is 2. The Morgan fingerprint density at radius 2 is 1.57 bits per heavy atom. The third-order valence-corrected chi connectivity index (χ3v) is 7.68. The molecule has 5 heteroatoms. The molecule has 0 unspecified atom stereocenters. The summed E-state index contributed by atoms with van der Waals surface area (Å²) in [5.41, 5.74) is 2.16. The van der Waals surface area contributed by atoms with Crippen LogP contribution in [0.25, 0.3) is 0 Å². The monoisotopic (exact) mass is 383 g/mol. The Morgan fingerprint density at radius 1 is 1.00 bits per heavy atom. The van der Waals surface area contributed by atoms with Crippen LogP contribution < -0.4 is 15.5 Å². The predicted molar refractivity (Wildman–Crippen MR) is 112 cm³/mol. The molecular weight excluding hydrogens is 350 g/mol. The van der Waals surface area contributed by atoms with Gasteiger partial charge < -0.3 is 20.3 Å². The molecule has 1 aromatic carbocycles. The number of ether oxygens (including phenoxy) is 1. The maximum atomic E-state index is 12.7. The molecule has 1 saturated heterocycles. The first-order chi connectivity index (χ1) is 13.6. The van der Waals surface area contributed by atoms with Crippen LogP contribution in [0.5, 0.6) is 0 Å². The van der Waals surface area contributed by atoms with Crippen LogP contribution in [0.4, 0.5) is 16.2 Å². The maximum absolute atomic E-state index is 12.7. The van der Waals surface area contributed by atoms with Gasteiger partial charge in [0, 0.05) is 37.1 Å². The van der Waals surface area contributed by atoms with E-state index in [1.54, 1.807) is 7.11 Å². The molecule has 28 heavy (non-hydrogen) atoms. The molecule has 5 fully saturated rings. The number of rotatable bonds is 4. The number of anilines is 2. The fourth-order valence-corrected chi connectivity index (χ4v) is 6.77. The molecule has 2 N–H and O–H groups in total. The van der Waals surface area contributed by atoms with Crippen LogP contribution in [-0.4, -0.2) is 37.9 Å². The van der Waals surface area contributed by atoms with Gasteiger partial charge in [0.05, 0.1) is 6.10 Å². The molecule has 4 saturated carbocycles. The van der Waals surface area contributed by atoms with Gasteiger partial charge >= 0.3 is 6.03 Å². The standard InChI is InChI=1S/C23H33N3O2/c1-28-21-6-8-26(9-7-21)20-4-2-19(3-5-20)24-22(27)25-23-13-16-10-17(14-23)12-18(11-16)15-23/h2-5,16-18,21H,6-15H2,1H3,(H2,24,25,27). The van der Waals surface area contributed by atoms with Gasteiger partial charge in [-0.1, -0.05) is 0 Å². The Kier molecular flexibility index (Phi) is 4.74. The van der Waals surface area contributed by atoms with Crippen molar-refractivity contribution in [3.63, 3.8) is 0 Å². The van der Waals surface area contributed by atoms with Gasteiger partial charge in [0.1, 0.15) is 0 Å². The summed E-state index contributed by atoms with van der Waals surface area (Å²) in [6.45, 7) is 2.05. The van der Waals surface area contributed by atoms with E-state index < -0.39 is 0 Å². The summed E-state index contributed by atoms with van der Waals surface area (Å²) in [6, 6.07) is 8.25. The molecule has 0 aromatic heterocycles. The number of piperidine rings is 1. The summed E-state index contributed by atoms with van der Waals surface area (Å²) in [5, 5.41) is 6.46. The molecule has 6 rings (SSSR count). The first-order valence-corrected chi connectivity index (χ1v) is 11.1. The lowest BCUT2D eigenvalue weighted by Crippen LogP contribution is -2.60. The van der Waals surface area contributed by atoms with Crippen molar-refractivity contribution >= 4 is 17.4 Å². The summed E-state index contributed by atoms with van der Waals surface area (Å²) < 4.78 is 5.46. The van der Waals surface area contributed by atoms with E-state index in [0.29, 0.717) is 6.10 Å². The average molecular weight is 384 g/mol. The average Bonchev–Trinajstić information content (AvgIpc) is 2.67. The molecule has 0 spiro atoms. The van der Waals surface area contributed by atoms with E-state index in [-0.39, 0.29) is 11.6 Å². The minimum Gasteiger partial charge on any atom is -0.381 e. The number of nitrogens with one attached hydrogen (secondary N) is 2. The number of hydrogen-bond acceptors (Lipinski definition) is 3. The van der Waals surface area contributed by atoms with Gasteiger partial charge in [0.2, 0.25) is 0 Å². The molecule has 5 nitrogen and oxygen atoms in total. The number of carbonyl (C=O) groups excluding carboxylic acids is 1. The highest BCUT2D eigenvalue weighted by Gasteiger charge is 2.51. The molecule has 4 bridgehead atoms. The predicted octanol–water partition coefficient (Wildman–Crippen LogP) is 4.39. The molecule has 152 valence electrons. The molecular formula is C23H33N3O2. The minimum atomic E-state index is -0.0318. The van der Waals surface area contributed by atoms with Crippen LogP contribution in [0.1, 0.15) is 51.4 Å². The maximum Gasteiger partial charge on any atom is 0.319 e. The van der Waals surface area contributed by atoms with Gasteiger partial charge in [0.25, 0.3) is 0 Å². The van der Waals surface area contributed by atoms with Crippen LogP contribution in [0, 0.1) is 17.8 Å². The van der Waals surface area contributed by atoms with Gasteiger partial charge in [-0.2, -0.15) is 0 Å². The Bertz CT molecular complexity index is 674. The second-order valence-electron chi connectivity index (χ2n) is 9.75. The van der Waals surface area contributed by atoms with Crippen LogP contribution in [0.15, 0.2) is 24.3 Å². The summed E-state index contributed by atoms with van der Waals surface area (Å²) in [6.07, 6.45) is 10.3. The number of carbonyl (C=O) groups is 1.